The molecule has 16 atom stereocenters. The van der Waals surface area contributed by atoms with Gasteiger partial charge in [0, 0.05) is 68.6 Å². The summed E-state index contributed by atoms with van der Waals surface area (Å²) in [6.07, 6.45) is -2.65. The van der Waals surface area contributed by atoms with Gasteiger partial charge in [-0.2, -0.15) is 0 Å². The monoisotopic (exact) mass is 712 g/mol. The molecule has 2 aliphatic heterocycles. The molecular formula is C37H44O14. The SMILES string of the molecule is CC(=O)O[C@H]1[C@H]2[C@@H](C(=O)C(O)=C3C[C@@H]4O[C@@H]4[C@H](OC(C)=O)[C@@]32C)[C@@H]2[C@@]3(OC(C)=O)C[C@@]4([C@H](C)C=C5OC(=O)[C@@](C)(O)[C@]5(C)[C@H]34)[C@@]2(C)[C@H]1OC(C)=O. The molecule has 8 rings (SSSR count). The Labute approximate surface area is 294 Å². The molecule has 2 bridgehead atoms. The molecule has 0 aromatic carbocycles. The number of ketones is 1. The van der Waals surface area contributed by atoms with E-state index in [9.17, 15) is 34.2 Å². The molecule has 4 saturated carbocycles. The first-order chi connectivity index (χ1) is 23.6. The lowest BCUT2D eigenvalue weighted by Gasteiger charge is -2.67. The van der Waals surface area contributed by atoms with Gasteiger partial charge in [0.2, 0.25) is 5.78 Å². The normalized spacial score (nSPS) is 52.2. The quantitative estimate of drug-likeness (QED) is 0.244. The number of esters is 5. The Balaban J connectivity index is 1.46. The van der Waals surface area contributed by atoms with E-state index in [1.165, 1.54) is 34.6 Å². The standard InChI is InChI=1S/C37H44O14/c1-13-10-20-33(7,35(9,45)31(44)50-20)30-36(13)12-37(30,51-17(5)41)27-21-22(26(46-14(2)38)29(34(27,36)8)48-16(4)40)32(6)18(23(42)24(21)43)11-19-25(49-19)28(32)47-15(3)39/h10,13,19,21-22,25-30,42,45H,11-12H2,1-9H3/t13-,19+,21+,22-,25+,26+,27+,28+,29+,30+,32+,33+,34-,35-,36+,37+/m1/s1. The van der Waals surface area contributed by atoms with E-state index in [1.54, 1.807) is 19.9 Å². The summed E-state index contributed by atoms with van der Waals surface area (Å²) in [7, 11) is 0. The lowest BCUT2D eigenvalue weighted by atomic mass is 9.37. The topological polar surface area (TPSA) is 202 Å². The number of Topliss-reactive ketones (excluding diaryl/α,β-unsaturated/α-hetero) is 1. The molecule has 0 aromatic rings. The van der Waals surface area contributed by atoms with Crippen molar-refractivity contribution in [2.45, 2.75) is 117 Å². The van der Waals surface area contributed by atoms with Crippen molar-refractivity contribution < 1.29 is 67.4 Å². The van der Waals surface area contributed by atoms with E-state index >= 15 is 4.79 Å². The molecule has 14 nitrogen and oxygen atoms in total. The average molecular weight is 713 g/mol. The van der Waals surface area contributed by atoms with E-state index in [1.807, 2.05) is 13.8 Å². The van der Waals surface area contributed by atoms with Crippen LogP contribution in [0, 0.1) is 51.2 Å². The number of carbonyl (C=O) groups excluding carboxylic acids is 6. The van der Waals surface area contributed by atoms with Crippen LogP contribution in [0.2, 0.25) is 0 Å². The lowest BCUT2D eigenvalue weighted by molar-refractivity contribution is -0.264. The first-order valence-corrected chi connectivity index (χ1v) is 17.6. The number of aliphatic hydroxyl groups is 2. The third kappa shape index (κ3) is 3.57. The van der Waals surface area contributed by atoms with Gasteiger partial charge in [-0.3, -0.25) is 24.0 Å². The van der Waals surface area contributed by atoms with Crippen LogP contribution in [-0.4, -0.2) is 87.6 Å². The largest absolute Gasteiger partial charge is 0.504 e. The number of aliphatic hydroxyl groups excluding tert-OH is 1. The van der Waals surface area contributed by atoms with E-state index in [2.05, 4.69) is 0 Å². The molecule has 2 heterocycles. The molecule has 0 amide bonds. The van der Waals surface area contributed by atoms with Gasteiger partial charge < -0.3 is 38.6 Å². The molecule has 51 heavy (non-hydrogen) atoms. The summed E-state index contributed by atoms with van der Waals surface area (Å²) in [6, 6.07) is 0. The van der Waals surface area contributed by atoms with Crippen LogP contribution in [0.15, 0.2) is 23.2 Å². The van der Waals surface area contributed by atoms with E-state index in [4.69, 9.17) is 28.4 Å². The van der Waals surface area contributed by atoms with Crippen molar-refractivity contribution in [3.05, 3.63) is 23.2 Å². The minimum atomic E-state index is -2.12. The predicted molar refractivity (Wildman–Crippen MR) is 168 cm³/mol. The Morgan fingerprint density at radius 1 is 0.902 bits per heavy atom. The van der Waals surface area contributed by atoms with Gasteiger partial charge in [0.15, 0.2) is 11.4 Å². The highest BCUT2D eigenvalue weighted by Gasteiger charge is 2.96. The summed E-state index contributed by atoms with van der Waals surface area (Å²) in [4.78, 5) is 80.7. The van der Waals surface area contributed by atoms with Crippen LogP contribution in [0.1, 0.15) is 75.2 Å². The van der Waals surface area contributed by atoms with Gasteiger partial charge in [-0.1, -0.05) is 20.8 Å². The van der Waals surface area contributed by atoms with Crippen molar-refractivity contribution in [1.82, 2.24) is 0 Å². The minimum Gasteiger partial charge on any atom is -0.504 e. The van der Waals surface area contributed by atoms with Gasteiger partial charge in [-0.15, -0.1) is 0 Å². The second-order valence-electron chi connectivity index (χ2n) is 16.9. The van der Waals surface area contributed by atoms with E-state index in [0.29, 0.717) is 0 Å². The number of ether oxygens (including phenoxy) is 6. The molecule has 14 heteroatoms. The van der Waals surface area contributed by atoms with Gasteiger partial charge in [0.25, 0.3) is 0 Å². The number of hydrogen-bond acceptors (Lipinski definition) is 14. The number of hydrogen-bond donors (Lipinski definition) is 2. The van der Waals surface area contributed by atoms with Gasteiger partial charge in [-0.05, 0) is 43.3 Å². The molecule has 0 radical (unpaired) electrons. The molecule has 276 valence electrons. The summed E-state index contributed by atoms with van der Waals surface area (Å²) < 4.78 is 36.6. The number of allylic oxidation sites excluding steroid dienone is 2. The van der Waals surface area contributed by atoms with Gasteiger partial charge in [-0.25, -0.2) is 4.79 Å². The second-order valence-corrected chi connectivity index (χ2v) is 16.9. The Morgan fingerprint density at radius 2 is 1.51 bits per heavy atom. The fourth-order valence-electron chi connectivity index (χ4n) is 13.4. The molecule has 0 aromatic heterocycles. The maximum Gasteiger partial charge on any atom is 0.343 e. The summed E-state index contributed by atoms with van der Waals surface area (Å²) in [5.41, 5.74) is -8.75. The van der Waals surface area contributed by atoms with Crippen LogP contribution >= 0.6 is 0 Å². The summed E-state index contributed by atoms with van der Waals surface area (Å²) in [5.74, 6) is -9.43. The van der Waals surface area contributed by atoms with Gasteiger partial charge in [0.05, 0.1) is 11.5 Å². The van der Waals surface area contributed by atoms with Crippen molar-refractivity contribution in [3.8, 4) is 0 Å². The highest BCUT2D eigenvalue weighted by molar-refractivity contribution is 5.98. The smallest absolute Gasteiger partial charge is 0.343 e. The summed E-state index contributed by atoms with van der Waals surface area (Å²) >= 11 is 0. The third-order valence-electron chi connectivity index (χ3n) is 15.0. The Bertz CT molecular complexity index is 1810. The molecule has 0 spiro atoms. The molecule has 0 unspecified atom stereocenters. The highest BCUT2D eigenvalue weighted by Crippen LogP contribution is 2.90. The average Bonchev–Trinajstić information content (AvgIpc) is 3.65. The minimum absolute atomic E-state index is 0.131. The first kappa shape index (κ1) is 34.3. The first-order valence-electron chi connectivity index (χ1n) is 17.6. The highest BCUT2D eigenvalue weighted by atomic mass is 16.6. The molecule has 2 N–H and O–H groups in total. The number of fused-ring (bicyclic) bond motifs is 8. The number of carbonyl (C=O) groups is 6. The molecule has 6 fully saturated rings. The van der Waals surface area contributed by atoms with Crippen LogP contribution in [0.4, 0.5) is 0 Å². The fourth-order valence-corrected chi connectivity index (χ4v) is 13.4. The second kappa shape index (κ2) is 9.80. The van der Waals surface area contributed by atoms with Crippen LogP contribution < -0.4 is 0 Å². The van der Waals surface area contributed by atoms with Crippen LogP contribution in [0.25, 0.3) is 0 Å². The molecular weight excluding hydrogens is 668 g/mol. The van der Waals surface area contributed by atoms with Crippen molar-refractivity contribution in [2.75, 3.05) is 0 Å². The van der Waals surface area contributed by atoms with E-state index in [0.717, 1.165) is 0 Å². The maximum atomic E-state index is 15.0. The van der Waals surface area contributed by atoms with E-state index in [-0.39, 0.29) is 24.2 Å². The Morgan fingerprint density at radius 3 is 2.10 bits per heavy atom. The van der Waals surface area contributed by atoms with Crippen LogP contribution in [-0.2, 0) is 57.2 Å². The van der Waals surface area contributed by atoms with Crippen molar-refractivity contribution >= 4 is 35.6 Å². The van der Waals surface area contributed by atoms with Crippen molar-refractivity contribution in [1.29, 1.82) is 0 Å². The van der Waals surface area contributed by atoms with E-state index < -0.39 is 134 Å². The number of rotatable bonds is 4. The van der Waals surface area contributed by atoms with Crippen molar-refractivity contribution in [2.24, 2.45) is 51.2 Å². The Hall–Kier alpha value is -3.78. The molecule has 8 aliphatic rings. The zero-order chi connectivity index (χ0) is 37.3. The summed E-state index contributed by atoms with van der Waals surface area (Å²) in [5, 5.41) is 24.0. The maximum absolute atomic E-state index is 15.0. The van der Waals surface area contributed by atoms with Gasteiger partial charge >= 0.3 is 29.8 Å². The van der Waals surface area contributed by atoms with Gasteiger partial charge in [0.1, 0.15) is 35.8 Å². The number of epoxide rings is 1. The summed E-state index contributed by atoms with van der Waals surface area (Å²) in [6.45, 7) is 13.4. The Kier molecular flexibility index (Phi) is 6.59. The van der Waals surface area contributed by atoms with Crippen molar-refractivity contribution in [3.63, 3.8) is 0 Å². The fraction of sp³-hybridized carbons (Fsp3) is 0.730. The third-order valence-corrected chi connectivity index (χ3v) is 15.0. The van der Waals surface area contributed by atoms with Crippen LogP contribution in [0.3, 0.4) is 0 Å². The zero-order valence-electron chi connectivity index (χ0n) is 30.1. The predicted octanol–water partition coefficient (Wildman–Crippen LogP) is 2.39. The lowest BCUT2D eigenvalue weighted by Crippen LogP contribution is -2.72. The molecule has 2 saturated heterocycles. The molecule has 6 aliphatic carbocycles. The zero-order valence-corrected chi connectivity index (χ0v) is 30.1. The van der Waals surface area contributed by atoms with Crippen LogP contribution in [0.5, 0.6) is 0 Å².